The number of carbonyl (C=O) groups is 1. The van der Waals surface area contributed by atoms with Crippen LogP contribution in [0.25, 0.3) is 32.0 Å². The number of para-hydroxylation sites is 1. The minimum Gasteiger partial charge on any atom is -0.422 e. The molecule has 0 aliphatic carbocycles. The van der Waals surface area contributed by atoms with E-state index in [9.17, 15) is 9.59 Å². The quantitative estimate of drug-likeness (QED) is 0.272. The van der Waals surface area contributed by atoms with Crippen LogP contribution in [0.5, 0.6) is 0 Å². The average molecular weight is 470 g/mol. The van der Waals surface area contributed by atoms with Gasteiger partial charge in [-0.2, -0.15) is 0 Å². The second-order valence-electron chi connectivity index (χ2n) is 8.54. The van der Waals surface area contributed by atoms with Crippen LogP contribution < -0.4 is 10.5 Å². The normalized spacial score (nSPS) is 14.4. The highest BCUT2D eigenvalue weighted by atomic mass is 32.1. The minimum absolute atomic E-state index is 0.0878. The Bertz CT molecular complexity index is 1610. The van der Waals surface area contributed by atoms with Gasteiger partial charge in [-0.3, -0.25) is 4.79 Å². The molecule has 0 bridgehead atoms. The lowest BCUT2D eigenvalue weighted by molar-refractivity contribution is 0.0742. The molecule has 1 saturated heterocycles. The molecule has 0 N–H and O–H groups in total. The number of hydrogen-bond acceptors (Lipinski definition) is 6. The van der Waals surface area contributed by atoms with E-state index in [0.717, 1.165) is 33.2 Å². The smallest absolute Gasteiger partial charge is 0.349 e. The van der Waals surface area contributed by atoms with Crippen LogP contribution in [-0.2, 0) is 6.42 Å². The van der Waals surface area contributed by atoms with Crippen LogP contribution in [-0.4, -0.2) is 42.0 Å². The van der Waals surface area contributed by atoms with E-state index in [1.165, 1.54) is 10.3 Å². The highest BCUT2D eigenvalue weighted by Gasteiger charge is 2.26. The summed E-state index contributed by atoms with van der Waals surface area (Å²) in [6.07, 6.45) is 0.951. The molecule has 3 heterocycles. The Labute approximate surface area is 200 Å². The van der Waals surface area contributed by atoms with E-state index in [0.29, 0.717) is 31.8 Å². The van der Waals surface area contributed by atoms with Crippen molar-refractivity contribution in [3.8, 4) is 0 Å². The lowest BCUT2D eigenvalue weighted by atomic mass is 10.0. The second kappa shape index (κ2) is 8.25. The highest BCUT2D eigenvalue weighted by molar-refractivity contribution is 7.22. The maximum absolute atomic E-state index is 13.3. The van der Waals surface area contributed by atoms with Crippen LogP contribution in [0, 0.1) is 0 Å². The molecule has 7 heteroatoms. The second-order valence-corrected chi connectivity index (χ2v) is 9.55. The molecule has 6 rings (SSSR count). The van der Waals surface area contributed by atoms with Crippen molar-refractivity contribution < 1.29 is 9.21 Å². The molecule has 1 fully saturated rings. The summed E-state index contributed by atoms with van der Waals surface area (Å²) in [5.74, 6) is -0.277. The number of anilines is 1. The Balaban J connectivity index is 1.26. The number of nitrogens with zero attached hydrogens (tertiary/aromatic N) is 3. The SMILES string of the molecule is CCc1cccc2sc(N3CCN(C(=O)c4cc5c(ccc6ccccc65)oc4=O)CC3)nc12. The zero-order valence-corrected chi connectivity index (χ0v) is 19.6. The van der Waals surface area contributed by atoms with Crippen LogP contribution in [0.3, 0.4) is 0 Å². The zero-order valence-electron chi connectivity index (χ0n) is 18.8. The topological polar surface area (TPSA) is 66.7 Å². The van der Waals surface area contributed by atoms with Crippen LogP contribution in [0.4, 0.5) is 5.13 Å². The molecule has 0 radical (unpaired) electrons. The van der Waals surface area contributed by atoms with Crippen LogP contribution in [0.1, 0.15) is 22.8 Å². The lowest BCUT2D eigenvalue weighted by Crippen LogP contribution is -2.49. The predicted molar refractivity (Wildman–Crippen MR) is 137 cm³/mol. The summed E-state index contributed by atoms with van der Waals surface area (Å²) in [6, 6.07) is 19.6. The van der Waals surface area contributed by atoms with Gasteiger partial charge in [0, 0.05) is 31.6 Å². The molecule has 6 nitrogen and oxygen atoms in total. The van der Waals surface area contributed by atoms with E-state index < -0.39 is 5.63 Å². The van der Waals surface area contributed by atoms with Crippen molar-refractivity contribution in [2.75, 3.05) is 31.1 Å². The third-order valence-corrected chi connectivity index (χ3v) is 7.66. The first-order valence-corrected chi connectivity index (χ1v) is 12.3. The highest BCUT2D eigenvalue weighted by Crippen LogP contribution is 2.32. The Kier molecular flexibility index (Phi) is 5.07. The van der Waals surface area contributed by atoms with E-state index in [-0.39, 0.29) is 11.5 Å². The van der Waals surface area contributed by atoms with E-state index in [1.807, 2.05) is 30.3 Å². The first-order chi connectivity index (χ1) is 16.6. The molecular weight excluding hydrogens is 446 g/mol. The van der Waals surface area contributed by atoms with Gasteiger partial charge in [0.2, 0.25) is 0 Å². The van der Waals surface area contributed by atoms with Crippen LogP contribution >= 0.6 is 11.3 Å². The van der Waals surface area contributed by atoms with Gasteiger partial charge < -0.3 is 14.2 Å². The van der Waals surface area contributed by atoms with Gasteiger partial charge in [0.25, 0.3) is 5.91 Å². The standard InChI is InChI=1S/C27H23N3O3S/c1-2-17-7-5-9-23-24(17)28-27(34-23)30-14-12-29(13-15-30)25(31)21-16-20-19-8-4-3-6-18(19)10-11-22(20)33-26(21)32/h3-11,16H,2,12-15H2,1H3. The Hall–Kier alpha value is -3.71. The lowest BCUT2D eigenvalue weighted by Gasteiger charge is -2.34. The number of aryl methyl sites for hydroxylation is 1. The van der Waals surface area contributed by atoms with Gasteiger partial charge in [-0.1, -0.05) is 60.7 Å². The first kappa shape index (κ1) is 20.9. The third kappa shape index (κ3) is 3.44. The summed E-state index contributed by atoms with van der Waals surface area (Å²) in [5, 5.41) is 3.77. The summed E-state index contributed by atoms with van der Waals surface area (Å²) in [4.78, 5) is 34.8. The summed E-state index contributed by atoms with van der Waals surface area (Å²) in [5.41, 5.74) is 2.32. The number of carbonyl (C=O) groups excluding carboxylic acids is 1. The van der Waals surface area contributed by atoms with Gasteiger partial charge in [-0.05, 0) is 41.0 Å². The van der Waals surface area contributed by atoms with E-state index in [1.54, 1.807) is 28.4 Å². The monoisotopic (exact) mass is 469 g/mol. The molecule has 1 aliphatic rings. The number of benzene rings is 3. The van der Waals surface area contributed by atoms with Gasteiger partial charge in [-0.15, -0.1) is 0 Å². The predicted octanol–water partition coefficient (Wildman–Crippen LogP) is 5.08. The van der Waals surface area contributed by atoms with Crippen molar-refractivity contribution in [3.05, 3.63) is 82.2 Å². The van der Waals surface area contributed by atoms with Gasteiger partial charge in [0.15, 0.2) is 5.13 Å². The fourth-order valence-corrected chi connectivity index (χ4v) is 5.77. The molecule has 0 saturated carbocycles. The number of piperazine rings is 1. The molecule has 2 aromatic heterocycles. The van der Waals surface area contributed by atoms with Gasteiger partial charge >= 0.3 is 5.63 Å². The molecule has 3 aromatic carbocycles. The van der Waals surface area contributed by atoms with Crippen LogP contribution in [0.2, 0.25) is 0 Å². The third-order valence-electron chi connectivity index (χ3n) is 6.58. The van der Waals surface area contributed by atoms with Crippen LogP contribution in [0.15, 0.2) is 69.9 Å². The number of rotatable bonds is 3. The molecule has 1 aliphatic heterocycles. The molecule has 34 heavy (non-hydrogen) atoms. The maximum atomic E-state index is 13.3. The largest absolute Gasteiger partial charge is 0.422 e. The van der Waals surface area contributed by atoms with Crippen molar-refractivity contribution >= 4 is 54.3 Å². The molecule has 0 unspecified atom stereocenters. The van der Waals surface area contributed by atoms with Crippen molar-refractivity contribution in [3.63, 3.8) is 0 Å². The maximum Gasteiger partial charge on any atom is 0.349 e. The number of amides is 1. The number of thiazole rings is 1. The molecule has 0 atom stereocenters. The van der Waals surface area contributed by atoms with Crippen molar-refractivity contribution in [1.29, 1.82) is 0 Å². The summed E-state index contributed by atoms with van der Waals surface area (Å²) < 4.78 is 6.73. The van der Waals surface area contributed by atoms with Gasteiger partial charge in [0.05, 0.1) is 10.2 Å². The molecule has 1 amide bonds. The summed E-state index contributed by atoms with van der Waals surface area (Å²) in [7, 11) is 0. The van der Waals surface area contributed by atoms with Crippen molar-refractivity contribution in [2.24, 2.45) is 0 Å². The Morgan fingerprint density at radius 2 is 1.82 bits per heavy atom. The fraction of sp³-hybridized carbons (Fsp3) is 0.222. The Morgan fingerprint density at radius 3 is 2.65 bits per heavy atom. The number of aromatic nitrogens is 1. The number of fused-ring (bicyclic) bond motifs is 4. The average Bonchev–Trinajstić information content (AvgIpc) is 3.32. The zero-order chi connectivity index (χ0) is 23.2. The molecular formula is C27H23N3O3S. The van der Waals surface area contributed by atoms with Gasteiger partial charge in [-0.25, -0.2) is 9.78 Å². The number of hydrogen-bond donors (Lipinski definition) is 0. The van der Waals surface area contributed by atoms with E-state index in [2.05, 4.69) is 30.0 Å². The summed E-state index contributed by atoms with van der Waals surface area (Å²) >= 11 is 1.69. The fourth-order valence-electron chi connectivity index (χ4n) is 4.71. The first-order valence-electron chi connectivity index (χ1n) is 11.5. The van der Waals surface area contributed by atoms with E-state index >= 15 is 0 Å². The van der Waals surface area contributed by atoms with Crippen molar-refractivity contribution in [2.45, 2.75) is 13.3 Å². The molecule has 5 aromatic rings. The molecule has 170 valence electrons. The Morgan fingerprint density at radius 1 is 1.00 bits per heavy atom. The van der Waals surface area contributed by atoms with Gasteiger partial charge in [0.1, 0.15) is 11.1 Å². The molecule has 0 spiro atoms. The summed E-state index contributed by atoms with van der Waals surface area (Å²) in [6.45, 7) is 4.55. The minimum atomic E-state index is -0.589. The van der Waals surface area contributed by atoms with E-state index in [4.69, 9.17) is 9.40 Å². The van der Waals surface area contributed by atoms with Crippen molar-refractivity contribution in [1.82, 2.24) is 9.88 Å².